The lowest BCUT2D eigenvalue weighted by Gasteiger charge is -2.41. The van der Waals surface area contributed by atoms with Crippen LogP contribution in [0.25, 0.3) is 0 Å². The van der Waals surface area contributed by atoms with E-state index in [4.69, 9.17) is 9.84 Å². The van der Waals surface area contributed by atoms with Crippen LogP contribution in [0.5, 0.6) is 0 Å². The molecule has 1 rings (SSSR count). The van der Waals surface area contributed by atoms with Crippen LogP contribution in [-0.4, -0.2) is 23.3 Å². The first-order chi connectivity index (χ1) is 7.09. The van der Waals surface area contributed by atoms with E-state index in [9.17, 15) is 4.79 Å². The maximum absolute atomic E-state index is 10.5. The molecule has 0 aromatic carbocycles. The fourth-order valence-electron chi connectivity index (χ4n) is 1.94. The Bertz CT molecular complexity index is 236. The van der Waals surface area contributed by atoms with Crippen LogP contribution in [0.2, 0.25) is 0 Å². The average Bonchev–Trinajstić information content (AvgIpc) is 2.15. The number of carbonyl (C=O) groups is 1. The van der Waals surface area contributed by atoms with Crippen LogP contribution < -0.4 is 0 Å². The van der Waals surface area contributed by atoms with Gasteiger partial charge in [-0.1, -0.05) is 19.9 Å². The molecule has 3 heteroatoms. The third kappa shape index (κ3) is 3.34. The van der Waals surface area contributed by atoms with Gasteiger partial charge >= 0.3 is 5.97 Å². The van der Waals surface area contributed by atoms with Gasteiger partial charge in [-0.3, -0.25) is 0 Å². The van der Waals surface area contributed by atoms with Crippen LogP contribution in [0.4, 0.5) is 0 Å². The molecule has 1 aliphatic heterocycles. The van der Waals surface area contributed by atoms with Gasteiger partial charge in [-0.25, -0.2) is 4.79 Å². The minimum atomic E-state index is -0.875. The molecule has 1 unspecified atom stereocenters. The number of ether oxygens (including phenoxy) is 1. The molecule has 1 heterocycles. The van der Waals surface area contributed by atoms with Gasteiger partial charge in [0.15, 0.2) is 0 Å². The minimum Gasteiger partial charge on any atom is -0.478 e. The summed E-state index contributed by atoms with van der Waals surface area (Å²) in [5.74, 6) is -0.875. The molecule has 1 atom stereocenters. The molecule has 0 saturated carbocycles. The van der Waals surface area contributed by atoms with Gasteiger partial charge in [0.1, 0.15) is 0 Å². The number of aliphatic carboxylic acids is 1. The van der Waals surface area contributed by atoms with Gasteiger partial charge in [-0.15, -0.1) is 0 Å². The first kappa shape index (κ1) is 12.2. The number of carboxylic acid groups (broad SMARTS) is 1. The Morgan fingerprint density at radius 1 is 1.53 bits per heavy atom. The summed E-state index contributed by atoms with van der Waals surface area (Å²) >= 11 is 0. The van der Waals surface area contributed by atoms with Crippen LogP contribution in [0.15, 0.2) is 12.2 Å². The van der Waals surface area contributed by atoms with E-state index in [0.717, 1.165) is 38.7 Å². The van der Waals surface area contributed by atoms with Crippen molar-refractivity contribution in [3.05, 3.63) is 12.2 Å². The Kier molecular flexibility index (Phi) is 4.33. The van der Waals surface area contributed by atoms with Gasteiger partial charge in [0.2, 0.25) is 0 Å². The highest BCUT2D eigenvalue weighted by atomic mass is 16.5. The SMILES string of the molecule is C=C(CCCCC1(CC)CCO1)C(=O)O. The summed E-state index contributed by atoms with van der Waals surface area (Å²) in [6.07, 6.45) is 5.79. The Morgan fingerprint density at radius 2 is 2.20 bits per heavy atom. The molecule has 86 valence electrons. The van der Waals surface area contributed by atoms with Gasteiger partial charge in [0.25, 0.3) is 0 Å². The number of rotatable bonds is 7. The fraction of sp³-hybridized carbons (Fsp3) is 0.750. The van der Waals surface area contributed by atoms with Crippen molar-refractivity contribution < 1.29 is 14.6 Å². The highest BCUT2D eigenvalue weighted by Gasteiger charge is 2.35. The van der Waals surface area contributed by atoms with Crippen LogP contribution in [-0.2, 0) is 9.53 Å². The van der Waals surface area contributed by atoms with E-state index in [0.29, 0.717) is 12.0 Å². The number of carboxylic acids is 1. The molecular formula is C12H20O3. The molecule has 0 amide bonds. The first-order valence-corrected chi connectivity index (χ1v) is 5.65. The molecular weight excluding hydrogens is 192 g/mol. The Labute approximate surface area is 91.1 Å². The third-order valence-corrected chi connectivity index (χ3v) is 3.27. The van der Waals surface area contributed by atoms with Crippen LogP contribution in [0.1, 0.15) is 45.4 Å². The molecule has 0 aliphatic carbocycles. The molecule has 15 heavy (non-hydrogen) atoms. The van der Waals surface area contributed by atoms with E-state index in [1.165, 1.54) is 0 Å². The summed E-state index contributed by atoms with van der Waals surface area (Å²) < 4.78 is 5.58. The quantitative estimate of drug-likeness (QED) is 0.521. The van der Waals surface area contributed by atoms with Crippen LogP contribution in [0.3, 0.4) is 0 Å². The summed E-state index contributed by atoms with van der Waals surface area (Å²) in [4.78, 5) is 10.5. The van der Waals surface area contributed by atoms with Crippen molar-refractivity contribution in [1.82, 2.24) is 0 Å². The van der Waals surface area contributed by atoms with Gasteiger partial charge in [0, 0.05) is 5.57 Å². The lowest BCUT2D eigenvalue weighted by molar-refractivity contribution is -0.153. The molecule has 1 N–H and O–H groups in total. The molecule has 0 radical (unpaired) electrons. The predicted octanol–water partition coefficient (Wildman–Crippen LogP) is 2.76. The molecule has 3 nitrogen and oxygen atoms in total. The van der Waals surface area contributed by atoms with E-state index < -0.39 is 5.97 Å². The molecule has 1 aliphatic rings. The lowest BCUT2D eigenvalue weighted by Crippen LogP contribution is -2.42. The van der Waals surface area contributed by atoms with E-state index in [1.54, 1.807) is 0 Å². The topological polar surface area (TPSA) is 46.5 Å². The monoisotopic (exact) mass is 212 g/mol. The van der Waals surface area contributed by atoms with Crippen molar-refractivity contribution in [2.45, 2.75) is 51.0 Å². The van der Waals surface area contributed by atoms with Gasteiger partial charge < -0.3 is 9.84 Å². The molecule has 0 bridgehead atoms. The highest BCUT2D eigenvalue weighted by molar-refractivity contribution is 5.85. The second-order valence-corrected chi connectivity index (χ2v) is 4.25. The second-order valence-electron chi connectivity index (χ2n) is 4.25. The summed E-state index contributed by atoms with van der Waals surface area (Å²) in [5.41, 5.74) is 0.431. The fourth-order valence-corrected chi connectivity index (χ4v) is 1.94. The Morgan fingerprint density at radius 3 is 2.60 bits per heavy atom. The Balaban J connectivity index is 2.11. The molecule has 1 fully saturated rings. The van der Waals surface area contributed by atoms with Crippen LogP contribution >= 0.6 is 0 Å². The van der Waals surface area contributed by atoms with Crippen molar-refractivity contribution in [1.29, 1.82) is 0 Å². The minimum absolute atomic E-state index is 0.116. The van der Waals surface area contributed by atoms with Gasteiger partial charge in [-0.2, -0.15) is 0 Å². The van der Waals surface area contributed by atoms with Crippen molar-refractivity contribution in [2.75, 3.05) is 6.61 Å². The zero-order valence-corrected chi connectivity index (χ0v) is 9.42. The van der Waals surface area contributed by atoms with Crippen LogP contribution in [0, 0.1) is 0 Å². The van der Waals surface area contributed by atoms with Gasteiger partial charge in [0.05, 0.1) is 12.2 Å². The van der Waals surface area contributed by atoms with E-state index in [-0.39, 0.29) is 5.60 Å². The van der Waals surface area contributed by atoms with Crippen molar-refractivity contribution in [3.8, 4) is 0 Å². The normalized spacial score (nSPS) is 24.6. The summed E-state index contributed by atoms with van der Waals surface area (Å²) in [5, 5.41) is 8.62. The maximum atomic E-state index is 10.5. The largest absolute Gasteiger partial charge is 0.478 e. The Hall–Kier alpha value is -0.830. The number of unbranched alkanes of at least 4 members (excludes halogenated alkanes) is 1. The molecule has 1 saturated heterocycles. The third-order valence-electron chi connectivity index (χ3n) is 3.27. The molecule has 0 aromatic rings. The van der Waals surface area contributed by atoms with Crippen molar-refractivity contribution in [2.24, 2.45) is 0 Å². The number of hydrogen-bond donors (Lipinski definition) is 1. The van der Waals surface area contributed by atoms with Gasteiger partial charge in [-0.05, 0) is 32.1 Å². The van der Waals surface area contributed by atoms with E-state index in [2.05, 4.69) is 13.5 Å². The smallest absolute Gasteiger partial charge is 0.330 e. The van der Waals surface area contributed by atoms with E-state index >= 15 is 0 Å². The average molecular weight is 212 g/mol. The zero-order chi connectivity index (χ0) is 11.3. The number of hydrogen-bond acceptors (Lipinski definition) is 2. The van der Waals surface area contributed by atoms with Crippen molar-refractivity contribution in [3.63, 3.8) is 0 Å². The summed E-state index contributed by atoms with van der Waals surface area (Å²) in [7, 11) is 0. The highest BCUT2D eigenvalue weighted by Crippen LogP contribution is 2.35. The maximum Gasteiger partial charge on any atom is 0.330 e. The predicted molar refractivity (Wildman–Crippen MR) is 58.8 cm³/mol. The molecule has 0 spiro atoms. The van der Waals surface area contributed by atoms with Crippen molar-refractivity contribution >= 4 is 5.97 Å². The standard InChI is InChI=1S/C12H20O3/c1-3-12(8-9-15-12)7-5-4-6-10(2)11(13)14/h2-9H2,1H3,(H,13,14). The molecule has 0 aromatic heterocycles. The first-order valence-electron chi connectivity index (χ1n) is 5.65. The summed E-state index contributed by atoms with van der Waals surface area (Å²) in [6, 6.07) is 0. The lowest BCUT2D eigenvalue weighted by atomic mass is 9.86. The summed E-state index contributed by atoms with van der Waals surface area (Å²) in [6.45, 7) is 6.54. The van der Waals surface area contributed by atoms with E-state index in [1.807, 2.05) is 0 Å². The second kappa shape index (κ2) is 5.31. The zero-order valence-electron chi connectivity index (χ0n) is 9.42.